The lowest BCUT2D eigenvalue weighted by molar-refractivity contribution is 0.476. The van der Waals surface area contributed by atoms with E-state index in [1.54, 1.807) is 22.8 Å². The fourth-order valence-corrected chi connectivity index (χ4v) is 3.49. The second-order valence-corrected chi connectivity index (χ2v) is 6.05. The molecular weight excluding hydrogens is 341 g/mol. The van der Waals surface area contributed by atoms with E-state index in [2.05, 4.69) is 15.4 Å². The van der Waals surface area contributed by atoms with Gasteiger partial charge in [0.25, 0.3) is 0 Å². The highest BCUT2D eigenvalue weighted by atomic mass is 19.2. The Morgan fingerprint density at radius 2 is 1.77 bits per heavy atom. The molecule has 7 heteroatoms. The van der Waals surface area contributed by atoms with E-state index in [0.29, 0.717) is 22.5 Å². The van der Waals surface area contributed by atoms with Crippen LogP contribution in [0.2, 0.25) is 0 Å². The lowest BCUT2D eigenvalue weighted by Gasteiger charge is -2.20. The molecule has 26 heavy (non-hydrogen) atoms. The normalized spacial score (nSPS) is 15.4. The predicted octanol–water partition coefficient (Wildman–Crippen LogP) is 4.33. The first-order valence-electron chi connectivity index (χ1n) is 7.96. The third-order valence-electron chi connectivity index (χ3n) is 4.65. The van der Waals surface area contributed by atoms with E-state index in [9.17, 15) is 13.2 Å². The Kier molecular flexibility index (Phi) is 3.06. The van der Waals surface area contributed by atoms with Gasteiger partial charge in [-0.2, -0.15) is 5.10 Å². The zero-order chi connectivity index (χ0) is 17.8. The van der Waals surface area contributed by atoms with Gasteiger partial charge in [0, 0.05) is 23.0 Å². The van der Waals surface area contributed by atoms with Crippen molar-refractivity contribution in [2.24, 2.45) is 0 Å². The Hall–Kier alpha value is -3.35. The van der Waals surface area contributed by atoms with Crippen LogP contribution < -0.4 is 5.32 Å². The van der Waals surface area contributed by atoms with Crippen LogP contribution in [0.3, 0.4) is 0 Å². The summed E-state index contributed by atoms with van der Waals surface area (Å²) in [5, 5.41) is 7.32. The average Bonchev–Trinajstić information content (AvgIpc) is 3.02. The Bertz CT molecular complexity index is 1170. The summed E-state index contributed by atoms with van der Waals surface area (Å²) in [6.07, 6.45) is 3.11. The fourth-order valence-electron chi connectivity index (χ4n) is 3.49. The van der Waals surface area contributed by atoms with Crippen LogP contribution in [-0.2, 0) is 0 Å². The van der Waals surface area contributed by atoms with Crippen molar-refractivity contribution < 1.29 is 13.2 Å². The van der Waals surface area contributed by atoms with E-state index in [1.165, 1.54) is 6.33 Å². The van der Waals surface area contributed by atoms with Gasteiger partial charge in [0.15, 0.2) is 11.6 Å². The van der Waals surface area contributed by atoms with Crippen LogP contribution in [0.5, 0.6) is 0 Å². The average molecular weight is 352 g/mol. The van der Waals surface area contributed by atoms with Crippen LogP contribution >= 0.6 is 0 Å². The van der Waals surface area contributed by atoms with Crippen LogP contribution in [0.25, 0.3) is 16.8 Å². The number of halogens is 3. The minimum atomic E-state index is -1.21. The van der Waals surface area contributed by atoms with Crippen LogP contribution in [0, 0.1) is 17.5 Å². The highest BCUT2D eigenvalue weighted by Gasteiger charge is 2.31. The number of fused-ring (bicyclic) bond motifs is 2. The molecule has 0 spiro atoms. The highest BCUT2D eigenvalue weighted by Crippen LogP contribution is 2.42. The summed E-state index contributed by atoms with van der Waals surface area (Å²) in [6, 6.07) is 9.82. The standard InChI is InChI=1S/C19H11F3N4/c20-12-5-6-13(21)16(22)15(12)17-11-7-8-26-19(11)18(23-9-24-26)10-3-1-2-4-14(10)25-17/h1-9,17,25H. The Labute approximate surface area is 145 Å². The number of hydrogen-bond donors (Lipinski definition) is 1. The summed E-state index contributed by atoms with van der Waals surface area (Å²) >= 11 is 0. The minimum Gasteiger partial charge on any atom is -0.373 e. The molecular formula is C19H11F3N4. The van der Waals surface area contributed by atoms with Crippen molar-refractivity contribution in [1.29, 1.82) is 0 Å². The summed E-state index contributed by atoms with van der Waals surface area (Å²) < 4.78 is 44.5. The molecule has 1 N–H and O–H groups in total. The third-order valence-corrected chi connectivity index (χ3v) is 4.65. The van der Waals surface area contributed by atoms with E-state index in [-0.39, 0.29) is 5.56 Å². The van der Waals surface area contributed by atoms with Gasteiger partial charge in [-0.25, -0.2) is 22.7 Å². The summed E-state index contributed by atoms with van der Waals surface area (Å²) in [5.41, 5.74) is 2.89. The number of anilines is 1. The van der Waals surface area contributed by atoms with E-state index in [4.69, 9.17) is 0 Å². The molecule has 0 radical (unpaired) electrons. The molecule has 3 heterocycles. The molecule has 4 aromatic rings. The van der Waals surface area contributed by atoms with Crippen molar-refractivity contribution in [3.05, 3.63) is 83.6 Å². The number of rotatable bonds is 1. The molecule has 5 rings (SSSR count). The molecule has 1 atom stereocenters. The molecule has 0 saturated carbocycles. The zero-order valence-corrected chi connectivity index (χ0v) is 13.2. The predicted molar refractivity (Wildman–Crippen MR) is 90.2 cm³/mol. The first-order valence-corrected chi connectivity index (χ1v) is 7.96. The molecule has 0 bridgehead atoms. The smallest absolute Gasteiger partial charge is 0.167 e. The molecule has 0 saturated heterocycles. The third kappa shape index (κ3) is 1.97. The van der Waals surface area contributed by atoms with E-state index in [0.717, 1.165) is 17.7 Å². The summed E-state index contributed by atoms with van der Waals surface area (Å²) in [6.45, 7) is 0. The zero-order valence-electron chi connectivity index (χ0n) is 13.2. The van der Waals surface area contributed by atoms with Gasteiger partial charge in [0.2, 0.25) is 0 Å². The van der Waals surface area contributed by atoms with E-state index >= 15 is 0 Å². The first-order chi connectivity index (χ1) is 12.6. The largest absolute Gasteiger partial charge is 0.373 e. The van der Waals surface area contributed by atoms with Crippen molar-refractivity contribution in [2.45, 2.75) is 6.04 Å². The molecule has 0 amide bonds. The van der Waals surface area contributed by atoms with Gasteiger partial charge < -0.3 is 5.32 Å². The lowest BCUT2D eigenvalue weighted by Crippen LogP contribution is -2.16. The van der Waals surface area contributed by atoms with Gasteiger partial charge in [-0.3, -0.25) is 0 Å². The molecule has 4 nitrogen and oxygen atoms in total. The maximum absolute atomic E-state index is 14.5. The minimum absolute atomic E-state index is 0.371. The number of nitrogens with zero attached hydrogens (tertiary/aromatic N) is 3. The van der Waals surface area contributed by atoms with Crippen LogP contribution in [0.4, 0.5) is 18.9 Å². The van der Waals surface area contributed by atoms with Crippen molar-refractivity contribution in [1.82, 2.24) is 14.6 Å². The Morgan fingerprint density at radius 1 is 0.962 bits per heavy atom. The monoisotopic (exact) mass is 352 g/mol. The fraction of sp³-hybridized carbons (Fsp3) is 0.0526. The van der Waals surface area contributed by atoms with Gasteiger partial charge >= 0.3 is 0 Å². The Morgan fingerprint density at radius 3 is 2.65 bits per heavy atom. The Balaban J connectivity index is 1.88. The summed E-state index contributed by atoms with van der Waals surface area (Å²) in [4.78, 5) is 4.37. The maximum atomic E-state index is 14.5. The summed E-state index contributed by atoms with van der Waals surface area (Å²) in [7, 11) is 0. The molecule has 2 aromatic carbocycles. The second-order valence-electron chi connectivity index (χ2n) is 6.05. The number of para-hydroxylation sites is 1. The van der Waals surface area contributed by atoms with Crippen LogP contribution in [0.1, 0.15) is 17.2 Å². The first kappa shape index (κ1) is 14.9. The number of nitrogens with one attached hydrogen (secondary N) is 1. The van der Waals surface area contributed by atoms with Gasteiger partial charge in [0.1, 0.15) is 17.8 Å². The van der Waals surface area contributed by atoms with Gasteiger partial charge in [-0.05, 0) is 24.3 Å². The molecule has 1 unspecified atom stereocenters. The maximum Gasteiger partial charge on any atom is 0.167 e. The summed E-state index contributed by atoms with van der Waals surface area (Å²) in [5.74, 6) is -3.13. The molecule has 2 aromatic heterocycles. The number of hydrogen-bond acceptors (Lipinski definition) is 3. The topological polar surface area (TPSA) is 42.2 Å². The van der Waals surface area contributed by atoms with Crippen LogP contribution in [-0.4, -0.2) is 14.6 Å². The van der Waals surface area contributed by atoms with Gasteiger partial charge in [-0.15, -0.1) is 0 Å². The van der Waals surface area contributed by atoms with Crippen molar-refractivity contribution >= 4 is 11.2 Å². The van der Waals surface area contributed by atoms with Gasteiger partial charge in [0.05, 0.1) is 17.1 Å². The number of benzene rings is 2. The van der Waals surface area contributed by atoms with Crippen molar-refractivity contribution in [3.63, 3.8) is 0 Å². The highest BCUT2D eigenvalue weighted by molar-refractivity contribution is 5.90. The molecule has 128 valence electrons. The van der Waals surface area contributed by atoms with E-state index < -0.39 is 23.5 Å². The SMILES string of the molecule is Fc1ccc(F)c(C2Nc3ccccc3-c3ncnn4ccc2c34)c1F. The van der Waals surface area contributed by atoms with Crippen molar-refractivity contribution in [3.8, 4) is 11.3 Å². The molecule has 1 aliphatic rings. The lowest BCUT2D eigenvalue weighted by atomic mass is 9.98. The molecule has 0 aliphatic carbocycles. The van der Waals surface area contributed by atoms with Gasteiger partial charge in [-0.1, -0.05) is 18.2 Å². The van der Waals surface area contributed by atoms with E-state index in [1.807, 2.05) is 18.2 Å². The van der Waals surface area contributed by atoms with Crippen molar-refractivity contribution in [2.75, 3.05) is 5.32 Å². The second kappa shape index (κ2) is 5.32. The molecule has 0 fully saturated rings. The quantitative estimate of drug-likeness (QED) is 0.519. The molecule has 1 aliphatic heterocycles. The van der Waals surface area contributed by atoms with Crippen LogP contribution in [0.15, 0.2) is 55.0 Å². The number of aromatic nitrogens is 3.